The van der Waals surface area contributed by atoms with Gasteiger partial charge in [-0.25, -0.2) is 4.98 Å². The van der Waals surface area contributed by atoms with Crippen molar-refractivity contribution in [1.82, 2.24) is 9.55 Å². The minimum atomic E-state index is -0.302. The van der Waals surface area contributed by atoms with Crippen molar-refractivity contribution in [2.45, 2.75) is 20.4 Å². The van der Waals surface area contributed by atoms with E-state index < -0.39 is 0 Å². The first-order valence-corrected chi connectivity index (χ1v) is 6.45. The summed E-state index contributed by atoms with van der Waals surface area (Å²) in [6.45, 7) is 4.31. The molecule has 6 nitrogen and oxygen atoms in total. The highest BCUT2D eigenvalue weighted by atomic mass is 32.1. The zero-order valence-electron chi connectivity index (χ0n) is 10.6. The molecule has 19 heavy (non-hydrogen) atoms. The molecule has 100 valence electrons. The lowest BCUT2D eigenvalue weighted by molar-refractivity contribution is 0.318. The fourth-order valence-corrected chi connectivity index (χ4v) is 2.60. The van der Waals surface area contributed by atoms with Crippen molar-refractivity contribution in [3.05, 3.63) is 49.8 Å². The molecule has 2 heterocycles. The Morgan fingerprint density at radius 1 is 1.58 bits per heavy atom. The van der Waals surface area contributed by atoms with Gasteiger partial charge in [-0.15, -0.1) is 11.3 Å². The van der Waals surface area contributed by atoms with E-state index in [1.54, 1.807) is 23.6 Å². The third kappa shape index (κ3) is 2.65. The summed E-state index contributed by atoms with van der Waals surface area (Å²) in [4.78, 5) is 17.7. The van der Waals surface area contributed by atoms with Gasteiger partial charge in [0.15, 0.2) is 5.84 Å². The van der Waals surface area contributed by atoms with Crippen molar-refractivity contribution in [3.8, 4) is 0 Å². The lowest BCUT2D eigenvalue weighted by Gasteiger charge is -2.05. The van der Waals surface area contributed by atoms with Gasteiger partial charge in [0, 0.05) is 11.1 Å². The first-order chi connectivity index (χ1) is 9.02. The van der Waals surface area contributed by atoms with E-state index in [1.807, 2.05) is 13.8 Å². The Hall–Kier alpha value is -2.15. The van der Waals surface area contributed by atoms with Crippen LogP contribution in [0, 0.1) is 13.8 Å². The SMILES string of the molecule is Cc1nc(Cn2cccc(/C(N)=N/O)c2=O)sc1C. The van der Waals surface area contributed by atoms with Crippen molar-refractivity contribution in [1.29, 1.82) is 0 Å². The van der Waals surface area contributed by atoms with Gasteiger partial charge in [0.05, 0.1) is 17.8 Å². The number of hydrogen-bond donors (Lipinski definition) is 2. The fraction of sp³-hybridized carbons (Fsp3) is 0.250. The van der Waals surface area contributed by atoms with Crippen LogP contribution in [0.1, 0.15) is 21.1 Å². The maximum atomic E-state index is 12.1. The summed E-state index contributed by atoms with van der Waals surface area (Å²) < 4.78 is 1.49. The molecule has 0 spiro atoms. The molecule has 0 saturated heterocycles. The molecule has 0 bridgehead atoms. The van der Waals surface area contributed by atoms with Gasteiger partial charge in [-0.3, -0.25) is 4.79 Å². The van der Waals surface area contributed by atoms with E-state index in [1.165, 1.54) is 10.6 Å². The maximum Gasteiger partial charge on any atom is 0.262 e. The molecule has 2 aromatic heterocycles. The molecule has 2 rings (SSSR count). The maximum absolute atomic E-state index is 12.1. The highest BCUT2D eigenvalue weighted by Gasteiger charge is 2.10. The predicted octanol–water partition coefficient (Wildman–Crippen LogP) is 1.06. The first-order valence-electron chi connectivity index (χ1n) is 5.63. The molecule has 0 atom stereocenters. The van der Waals surface area contributed by atoms with Crippen molar-refractivity contribution < 1.29 is 5.21 Å². The molecule has 0 amide bonds. The second-order valence-corrected chi connectivity index (χ2v) is 5.38. The number of aromatic nitrogens is 2. The normalized spacial score (nSPS) is 11.8. The van der Waals surface area contributed by atoms with Gasteiger partial charge in [0.2, 0.25) is 0 Å². The van der Waals surface area contributed by atoms with E-state index in [0.29, 0.717) is 6.54 Å². The number of aryl methyl sites for hydroxylation is 2. The molecular weight excluding hydrogens is 264 g/mol. The molecule has 0 aliphatic carbocycles. The fourth-order valence-electron chi connectivity index (χ4n) is 1.66. The van der Waals surface area contributed by atoms with E-state index in [2.05, 4.69) is 10.1 Å². The van der Waals surface area contributed by atoms with Crippen molar-refractivity contribution in [3.63, 3.8) is 0 Å². The number of amidine groups is 1. The molecule has 0 aromatic carbocycles. The molecule has 0 aliphatic heterocycles. The predicted molar refractivity (Wildman–Crippen MR) is 73.9 cm³/mol. The third-order valence-corrected chi connectivity index (χ3v) is 3.84. The summed E-state index contributed by atoms with van der Waals surface area (Å²) in [5.74, 6) is -0.189. The van der Waals surface area contributed by atoms with Crippen LogP contribution in [0.25, 0.3) is 0 Å². The summed E-state index contributed by atoms with van der Waals surface area (Å²) >= 11 is 1.56. The Kier molecular flexibility index (Phi) is 3.66. The van der Waals surface area contributed by atoms with Crippen LogP contribution >= 0.6 is 11.3 Å². The van der Waals surface area contributed by atoms with Gasteiger partial charge >= 0.3 is 0 Å². The zero-order chi connectivity index (χ0) is 14.0. The molecule has 0 aliphatic rings. The van der Waals surface area contributed by atoms with Crippen molar-refractivity contribution in [2.24, 2.45) is 10.9 Å². The van der Waals surface area contributed by atoms with Gasteiger partial charge in [-0.05, 0) is 26.0 Å². The van der Waals surface area contributed by atoms with E-state index >= 15 is 0 Å². The average Bonchev–Trinajstić information content (AvgIpc) is 2.70. The van der Waals surface area contributed by atoms with Crippen LogP contribution in [0.15, 0.2) is 28.3 Å². The minimum Gasteiger partial charge on any atom is -0.409 e. The Morgan fingerprint density at radius 3 is 2.89 bits per heavy atom. The number of hydrogen-bond acceptors (Lipinski definition) is 5. The molecule has 0 unspecified atom stereocenters. The quantitative estimate of drug-likeness (QED) is 0.380. The summed E-state index contributed by atoms with van der Waals surface area (Å²) in [6, 6.07) is 3.20. The van der Waals surface area contributed by atoms with Crippen LogP contribution in [0.4, 0.5) is 0 Å². The molecule has 2 aromatic rings. The highest BCUT2D eigenvalue weighted by molar-refractivity contribution is 7.11. The lowest BCUT2D eigenvalue weighted by atomic mass is 10.2. The van der Waals surface area contributed by atoms with Gasteiger partial charge in [-0.1, -0.05) is 5.16 Å². The number of rotatable bonds is 3. The van der Waals surface area contributed by atoms with Crippen molar-refractivity contribution in [2.75, 3.05) is 0 Å². The van der Waals surface area contributed by atoms with Gasteiger partial charge in [0.1, 0.15) is 5.01 Å². The molecule has 0 saturated carbocycles. The second kappa shape index (κ2) is 5.23. The number of nitrogens with two attached hydrogens (primary N) is 1. The number of pyridine rings is 1. The Bertz CT molecular complexity index is 668. The van der Waals surface area contributed by atoms with Gasteiger partial charge < -0.3 is 15.5 Å². The van der Waals surface area contributed by atoms with Crippen LogP contribution in [0.3, 0.4) is 0 Å². The van der Waals surface area contributed by atoms with Gasteiger partial charge in [0.25, 0.3) is 5.56 Å². The van der Waals surface area contributed by atoms with Crippen LogP contribution in [-0.2, 0) is 6.54 Å². The van der Waals surface area contributed by atoms with E-state index in [4.69, 9.17) is 10.9 Å². The summed E-state index contributed by atoms with van der Waals surface area (Å²) in [5.41, 5.74) is 6.31. The van der Waals surface area contributed by atoms with E-state index in [0.717, 1.165) is 15.6 Å². The Morgan fingerprint density at radius 2 is 2.32 bits per heavy atom. The van der Waals surface area contributed by atoms with Crippen LogP contribution < -0.4 is 11.3 Å². The van der Waals surface area contributed by atoms with E-state index in [-0.39, 0.29) is 17.0 Å². The number of nitrogens with zero attached hydrogens (tertiary/aromatic N) is 3. The Balaban J connectivity index is 2.39. The first kappa shape index (κ1) is 13.3. The Labute approximate surface area is 113 Å². The molecule has 0 fully saturated rings. The minimum absolute atomic E-state index is 0.176. The van der Waals surface area contributed by atoms with E-state index in [9.17, 15) is 4.79 Å². The summed E-state index contributed by atoms with van der Waals surface area (Å²) in [5, 5.41) is 12.3. The average molecular weight is 278 g/mol. The highest BCUT2D eigenvalue weighted by Crippen LogP contribution is 2.16. The molecule has 0 radical (unpaired) electrons. The second-order valence-electron chi connectivity index (χ2n) is 4.09. The zero-order valence-corrected chi connectivity index (χ0v) is 11.4. The van der Waals surface area contributed by atoms with Crippen molar-refractivity contribution >= 4 is 17.2 Å². The van der Waals surface area contributed by atoms with Gasteiger partial charge in [-0.2, -0.15) is 0 Å². The molecule has 3 N–H and O–H groups in total. The summed E-state index contributed by atoms with van der Waals surface area (Å²) in [7, 11) is 0. The smallest absolute Gasteiger partial charge is 0.262 e. The molecular formula is C12H14N4O2S. The molecule has 7 heteroatoms. The number of thiazole rings is 1. The third-order valence-electron chi connectivity index (χ3n) is 2.78. The largest absolute Gasteiger partial charge is 0.409 e. The van der Waals surface area contributed by atoms with Crippen LogP contribution in [0.5, 0.6) is 0 Å². The number of oxime groups is 1. The summed E-state index contributed by atoms with van der Waals surface area (Å²) in [6.07, 6.45) is 1.66. The standard InChI is InChI=1S/C12H14N4O2S/c1-7-8(2)19-10(14-7)6-16-5-3-4-9(12(16)17)11(13)15-18/h3-5,18H,6H2,1-2H3,(H2,13,15). The van der Waals surface area contributed by atoms with Crippen LogP contribution in [-0.4, -0.2) is 20.6 Å². The topological polar surface area (TPSA) is 93.5 Å². The van der Waals surface area contributed by atoms with Crippen LogP contribution in [0.2, 0.25) is 0 Å². The monoisotopic (exact) mass is 278 g/mol. The lowest BCUT2D eigenvalue weighted by Crippen LogP contribution is -2.29.